The van der Waals surface area contributed by atoms with Gasteiger partial charge in [0, 0.05) is 13.2 Å². The summed E-state index contributed by atoms with van der Waals surface area (Å²) in [6, 6.07) is 0. The molecular formula is C7H12Cl2O. The van der Waals surface area contributed by atoms with Crippen molar-refractivity contribution in [3.05, 3.63) is 0 Å². The molecule has 0 spiro atoms. The highest BCUT2D eigenvalue weighted by molar-refractivity contribution is 6.44. The SMILES string of the molecule is C[C@H]1COC[C@H]1CC(Cl)Cl. The zero-order chi connectivity index (χ0) is 7.56. The Balaban J connectivity index is 2.26. The quantitative estimate of drug-likeness (QED) is 0.597. The average molecular weight is 183 g/mol. The molecule has 1 nitrogen and oxygen atoms in total. The minimum atomic E-state index is -0.228. The summed E-state index contributed by atoms with van der Waals surface area (Å²) in [5.74, 6) is 1.19. The minimum Gasteiger partial charge on any atom is -0.381 e. The summed E-state index contributed by atoms with van der Waals surface area (Å²) in [6.45, 7) is 3.87. The van der Waals surface area contributed by atoms with Gasteiger partial charge in [-0.05, 0) is 18.3 Å². The predicted octanol–water partition coefficient (Wildman–Crippen LogP) is 2.46. The van der Waals surface area contributed by atoms with Crippen LogP contribution in [0.5, 0.6) is 0 Å². The molecule has 1 fully saturated rings. The van der Waals surface area contributed by atoms with Crippen LogP contribution < -0.4 is 0 Å². The molecule has 1 rings (SSSR count). The lowest BCUT2D eigenvalue weighted by Crippen LogP contribution is -2.11. The van der Waals surface area contributed by atoms with Crippen molar-refractivity contribution in [3.63, 3.8) is 0 Å². The maximum atomic E-state index is 5.63. The topological polar surface area (TPSA) is 9.23 Å². The van der Waals surface area contributed by atoms with Crippen molar-refractivity contribution in [1.82, 2.24) is 0 Å². The number of hydrogen-bond donors (Lipinski definition) is 0. The minimum absolute atomic E-state index is 0.228. The van der Waals surface area contributed by atoms with Crippen LogP contribution in [0.3, 0.4) is 0 Å². The van der Waals surface area contributed by atoms with Crippen molar-refractivity contribution < 1.29 is 4.74 Å². The van der Waals surface area contributed by atoms with Gasteiger partial charge < -0.3 is 4.74 Å². The Morgan fingerprint density at radius 2 is 2.20 bits per heavy atom. The number of ether oxygens (including phenoxy) is 1. The predicted molar refractivity (Wildman–Crippen MR) is 43.6 cm³/mol. The van der Waals surface area contributed by atoms with Crippen LogP contribution in [0.2, 0.25) is 0 Å². The molecule has 0 bridgehead atoms. The van der Waals surface area contributed by atoms with E-state index in [9.17, 15) is 0 Å². The molecular weight excluding hydrogens is 171 g/mol. The molecule has 1 saturated heterocycles. The maximum Gasteiger partial charge on any atom is 0.108 e. The van der Waals surface area contributed by atoms with Crippen molar-refractivity contribution in [3.8, 4) is 0 Å². The van der Waals surface area contributed by atoms with Gasteiger partial charge >= 0.3 is 0 Å². The molecule has 0 aromatic heterocycles. The van der Waals surface area contributed by atoms with Gasteiger partial charge in [-0.15, -0.1) is 23.2 Å². The zero-order valence-corrected chi connectivity index (χ0v) is 7.53. The zero-order valence-electron chi connectivity index (χ0n) is 6.02. The van der Waals surface area contributed by atoms with E-state index in [2.05, 4.69) is 6.92 Å². The first kappa shape index (κ1) is 8.63. The van der Waals surface area contributed by atoms with Crippen LogP contribution in [0.4, 0.5) is 0 Å². The first-order valence-electron chi connectivity index (χ1n) is 3.56. The van der Waals surface area contributed by atoms with Gasteiger partial charge in [-0.1, -0.05) is 6.92 Å². The second kappa shape index (κ2) is 3.80. The molecule has 1 aliphatic rings. The monoisotopic (exact) mass is 182 g/mol. The molecule has 0 radical (unpaired) electrons. The highest BCUT2D eigenvalue weighted by atomic mass is 35.5. The third-order valence-corrected chi connectivity index (χ3v) is 2.35. The summed E-state index contributed by atoms with van der Waals surface area (Å²) in [6.07, 6.45) is 0.865. The number of hydrogen-bond acceptors (Lipinski definition) is 1. The smallest absolute Gasteiger partial charge is 0.108 e. The molecule has 0 aromatic carbocycles. The van der Waals surface area contributed by atoms with Gasteiger partial charge in [0.25, 0.3) is 0 Å². The van der Waals surface area contributed by atoms with Crippen molar-refractivity contribution in [2.24, 2.45) is 11.8 Å². The number of rotatable bonds is 2. The van der Waals surface area contributed by atoms with Crippen LogP contribution in [-0.4, -0.2) is 18.1 Å². The van der Waals surface area contributed by atoms with E-state index < -0.39 is 0 Å². The third kappa shape index (κ3) is 2.30. The first-order valence-corrected chi connectivity index (χ1v) is 4.43. The Morgan fingerprint density at radius 1 is 1.50 bits per heavy atom. The summed E-state index contributed by atoms with van der Waals surface area (Å²) in [5.41, 5.74) is 0. The highest BCUT2D eigenvalue weighted by Crippen LogP contribution is 2.27. The lowest BCUT2D eigenvalue weighted by Gasteiger charge is -2.12. The molecule has 0 unspecified atom stereocenters. The van der Waals surface area contributed by atoms with E-state index in [4.69, 9.17) is 27.9 Å². The molecule has 0 saturated carbocycles. The number of alkyl halides is 2. The van der Waals surface area contributed by atoms with Crippen LogP contribution in [-0.2, 0) is 4.74 Å². The normalized spacial score (nSPS) is 33.6. The van der Waals surface area contributed by atoms with E-state index in [1.165, 1.54) is 0 Å². The van der Waals surface area contributed by atoms with Crippen LogP contribution >= 0.6 is 23.2 Å². The summed E-state index contributed by atoms with van der Waals surface area (Å²) in [4.78, 5) is -0.228. The molecule has 0 aliphatic carbocycles. The van der Waals surface area contributed by atoms with E-state index in [0.29, 0.717) is 11.8 Å². The molecule has 1 aliphatic heterocycles. The lowest BCUT2D eigenvalue weighted by atomic mass is 9.96. The van der Waals surface area contributed by atoms with Crippen LogP contribution in [0, 0.1) is 11.8 Å². The average Bonchev–Trinajstić information content (AvgIpc) is 2.15. The van der Waals surface area contributed by atoms with Gasteiger partial charge in [0.1, 0.15) is 4.84 Å². The third-order valence-electron chi connectivity index (χ3n) is 2.00. The number of halogens is 2. The fraction of sp³-hybridized carbons (Fsp3) is 1.00. The van der Waals surface area contributed by atoms with Crippen molar-refractivity contribution in [2.75, 3.05) is 13.2 Å². The fourth-order valence-corrected chi connectivity index (χ4v) is 1.69. The van der Waals surface area contributed by atoms with Gasteiger partial charge in [-0.2, -0.15) is 0 Å². The lowest BCUT2D eigenvalue weighted by molar-refractivity contribution is 0.181. The summed E-state index contributed by atoms with van der Waals surface area (Å²) < 4.78 is 5.25. The van der Waals surface area contributed by atoms with E-state index in [1.54, 1.807) is 0 Å². The van der Waals surface area contributed by atoms with Gasteiger partial charge in [-0.3, -0.25) is 0 Å². The van der Waals surface area contributed by atoms with Gasteiger partial charge in [0.05, 0.1) is 0 Å². The molecule has 60 valence electrons. The van der Waals surface area contributed by atoms with Gasteiger partial charge in [0.2, 0.25) is 0 Å². The Bertz CT molecular complexity index is 106. The molecule has 0 aromatic rings. The van der Waals surface area contributed by atoms with Crippen LogP contribution in [0.25, 0.3) is 0 Å². The van der Waals surface area contributed by atoms with E-state index >= 15 is 0 Å². The van der Waals surface area contributed by atoms with Crippen LogP contribution in [0.1, 0.15) is 13.3 Å². The summed E-state index contributed by atoms with van der Waals surface area (Å²) in [5, 5.41) is 0. The molecule has 1 heterocycles. The first-order chi connectivity index (χ1) is 4.70. The molecule has 0 amide bonds. The Morgan fingerprint density at radius 3 is 2.60 bits per heavy atom. The Hall–Kier alpha value is 0.540. The largest absolute Gasteiger partial charge is 0.381 e. The fourth-order valence-electron chi connectivity index (χ4n) is 1.23. The van der Waals surface area contributed by atoms with Gasteiger partial charge in [0.15, 0.2) is 0 Å². The molecule has 2 atom stereocenters. The molecule has 3 heteroatoms. The van der Waals surface area contributed by atoms with Crippen molar-refractivity contribution >= 4 is 23.2 Å². The van der Waals surface area contributed by atoms with Gasteiger partial charge in [-0.25, -0.2) is 0 Å². The van der Waals surface area contributed by atoms with Crippen molar-refractivity contribution in [1.29, 1.82) is 0 Å². The summed E-state index contributed by atoms with van der Waals surface area (Å²) >= 11 is 11.3. The standard InChI is InChI=1S/C7H12Cl2O/c1-5-3-10-4-6(5)2-7(8)9/h5-7H,2-4H2,1H3/t5-,6+/m0/s1. The van der Waals surface area contributed by atoms with E-state index in [0.717, 1.165) is 19.6 Å². The second-order valence-electron chi connectivity index (χ2n) is 2.90. The van der Waals surface area contributed by atoms with E-state index in [-0.39, 0.29) is 4.84 Å². The molecule has 0 N–H and O–H groups in total. The summed E-state index contributed by atoms with van der Waals surface area (Å²) in [7, 11) is 0. The molecule has 10 heavy (non-hydrogen) atoms. The second-order valence-corrected chi connectivity index (χ2v) is 4.18. The van der Waals surface area contributed by atoms with Crippen LogP contribution in [0.15, 0.2) is 0 Å². The highest BCUT2D eigenvalue weighted by Gasteiger charge is 2.25. The van der Waals surface area contributed by atoms with E-state index in [1.807, 2.05) is 0 Å². The maximum absolute atomic E-state index is 5.63. The Labute approximate surface area is 71.6 Å². The van der Waals surface area contributed by atoms with Crippen molar-refractivity contribution in [2.45, 2.75) is 18.2 Å². The Kier molecular flexibility index (Phi) is 3.28.